The fourth-order valence-corrected chi connectivity index (χ4v) is 1.53. The van der Waals surface area contributed by atoms with E-state index in [1.807, 2.05) is 0 Å². The smallest absolute Gasteiger partial charge is 0.256 e. The van der Waals surface area contributed by atoms with Crippen LogP contribution in [0.1, 0.15) is 6.42 Å². The molecule has 0 amide bonds. The summed E-state index contributed by atoms with van der Waals surface area (Å²) in [4.78, 5) is 3.94. The summed E-state index contributed by atoms with van der Waals surface area (Å²) in [7, 11) is 0. The Labute approximate surface area is 85.0 Å². The normalized spacial score (nSPS) is 20.1. The molecular weight excluding hydrogens is 203 g/mol. The predicted molar refractivity (Wildman–Crippen MR) is 52.6 cm³/mol. The first-order valence-corrected chi connectivity index (χ1v) is 4.47. The molecular formula is C11H8F3N. The molecule has 0 atom stereocenters. The van der Waals surface area contributed by atoms with Gasteiger partial charge < -0.3 is 0 Å². The quantitative estimate of drug-likeness (QED) is 0.582. The van der Waals surface area contributed by atoms with Crippen LogP contribution < -0.4 is 0 Å². The van der Waals surface area contributed by atoms with Crippen molar-refractivity contribution in [2.75, 3.05) is 0 Å². The number of rotatable bonds is 0. The summed E-state index contributed by atoms with van der Waals surface area (Å²) in [5.74, 6) is 0. The van der Waals surface area contributed by atoms with E-state index in [2.05, 4.69) is 4.99 Å². The number of hydrogen-bond donors (Lipinski definition) is 0. The molecule has 0 fully saturated rings. The second kappa shape index (κ2) is 3.53. The van der Waals surface area contributed by atoms with Crippen LogP contribution in [0, 0.1) is 0 Å². The molecule has 2 aliphatic rings. The first kappa shape index (κ1) is 9.96. The lowest BCUT2D eigenvalue weighted by Crippen LogP contribution is -2.18. The molecule has 1 aliphatic heterocycles. The summed E-state index contributed by atoms with van der Waals surface area (Å²) in [6.45, 7) is 0. The topological polar surface area (TPSA) is 12.4 Å². The number of hydrogen-bond acceptors (Lipinski definition) is 1. The lowest BCUT2D eigenvalue weighted by molar-refractivity contribution is -0.0933. The van der Waals surface area contributed by atoms with E-state index in [1.54, 1.807) is 18.2 Å². The molecule has 4 heteroatoms. The summed E-state index contributed by atoms with van der Waals surface area (Å²) in [6, 6.07) is 0. The zero-order chi connectivity index (χ0) is 10.9. The van der Waals surface area contributed by atoms with Crippen molar-refractivity contribution in [3.8, 4) is 0 Å². The van der Waals surface area contributed by atoms with Crippen molar-refractivity contribution in [1.82, 2.24) is 0 Å². The maximum atomic E-state index is 12.6. The third-order valence-electron chi connectivity index (χ3n) is 2.21. The van der Waals surface area contributed by atoms with Crippen molar-refractivity contribution in [3.05, 3.63) is 47.7 Å². The number of fused-ring (bicyclic) bond motifs is 1. The number of halogens is 3. The fourth-order valence-electron chi connectivity index (χ4n) is 1.53. The van der Waals surface area contributed by atoms with Gasteiger partial charge in [0.15, 0.2) is 0 Å². The van der Waals surface area contributed by atoms with E-state index in [0.717, 1.165) is 0 Å². The molecule has 1 aliphatic carbocycles. The highest BCUT2D eigenvalue weighted by molar-refractivity contribution is 6.12. The minimum absolute atomic E-state index is 0.0812. The van der Waals surface area contributed by atoms with Gasteiger partial charge in [-0.25, -0.2) is 0 Å². The molecule has 0 saturated carbocycles. The first-order chi connectivity index (χ1) is 7.09. The van der Waals surface area contributed by atoms with Crippen LogP contribution in [0.5, 0.6) is 0 Å². The van der Waals surface area contributed by atoms with Crippen LogP contribution in [-0.2, 0) is 0 Å². The first-order valence-electron chi connectivity index (χ1n) is 4.47. The molecule has 78 valence electrons. The van der Waals surface area contributed by atoms with E-state index in [9.17, 15) is 13.2 Å². The molecule has 0 aromatic heterocycles. The number of nitrogens with zero attached hydrogens (tertiary/aromatic N) is 1. The van der Waals surface area contributed by atoms with E-state index in [4.69, 9.17) is 0 Å². The molecule has 0 aromatic carbocycles. The molecule has 2 rings (SSSR count). The van der Waals surface area contributed by atoms with E-state index in [-0.39, 0.29) is 12.0 Å². The Bertz CT molecular complexity index is 420. The molecule has 0 spiro atoms. The van der Waals surface area contributed by atoms with Crippen molar-refractivity contribution < 1.29 is 13.2 Å². The molecule has 15 heavy (non-hydrogen) atoms. The Morgan fingerprint density at radius 3 is 2.67 bits per heavy atom. The van der Waals surface area contributed by atoms with Crippen LogP contribution in [0.2, 0.25) is 0 Å². The van der Waals surface area contributed by atoms with Crippen LogP contribution in [-0.4, -0.2) is 11.9 Å². The molecule has 0 unspecified atom stereocenters. The predicted octanol–water partition coefficient (Wildman–Crippen LogP) is 3.33. The standard InChI is InChI=1S/C11H8F3N/c12-11(13,14)9-5-3-6-10-8(9)4-1-2-7-15-10/h1-4,6-7H,5H2. The molecule has 0 bridgehead atoms. The maximum absolute atomic E-state index is 12.6. The number of allylic oxidation sites excluding steroid dienone is 7. The maximum Gasteiger partial charge on any atom is 0.413 e. The molecule has 0 N–H and O–H groups in total. The summed E-state index contributed by atoms with van der Waals surface area (Å²) in [6.07, 6.45) is 4.86. The summed E-state index contributed by atoms with van der Waals surface area (Å²) in [5, 5.41) is 0. The monoisotopic (exact) mass is 211 g/mol. The molecule has 0 radical (unpaired) electrons. The average molecular weight is 211 g/mol. The lowest BCUT2D eigenvalue weighted by atomic mass is 9.94. The van der Waals surface area contributed by atoms with E-state index >= 15 is 0 Å². The van der Waals surface area contributed by atoms with Gasteiger partial charge in [-0.1, -0.05) is 18.2 Å². The molecule has 1 nitrogen and oxygen atoms in total. The molecule has 0 saturated heterocycles. The van der Waals surface area contributed by atoms with Gasteiger partial charge >= 0.3 is 6.18 Å². The minimum Gasteiger partial charge on any atom is -0.256 e. The van der Waals surface area contributed by atoms with Crippen LogP contribution >= 0.6 is 0 Å². The van der Waals surface area contributed by atoms with Crippen molar-refractivity contribution >= 4 is 5.71 Å². The van der Waals surface area contributed by atoms with Gasteiger partial charge in [0.25, 0.3) is 0 Å². The van der Waals surface area contributed by atoms with Crippen LogP contribution in [0.25, 0.3) is 0 Å². The second-order valence-corrected chi connectivity index (χ2v) is 3.21. The number of aliphatic imine (C=N–C) groups is 1. The summed E-state index contributed by atoms with van der Waals surface area (Å²) in [5.41, 5.74) is 0.0253. The highest BCUT2D eigenvalue weighted by Crippen LogP contribution is 2.34. The van der Waals surface area contributed by atoms with Crippen LogP contribution in [0.3, 0.4) is 0 Å². The van der Waals surface area contributed by atoms with E-state index in [1.165, 1.54) is 18.4 Å². The van der Waals surface area contributed by atoms with Gasteiger partial charge in [0.2, 0.25) is 0 Å². The van der Waals surface area contributed by atoms with Gasteiger partial charge in [-0.3, -0.25) is 4.99 Å². The van der Waals surface area contributed by atoms with Crippen molar-refractivity contribution in [1.29, 1.82) is 0 Å². The number of alkyl halides is 3. The summed E-state index contributed by atoms with van der Waals surface area (Å²) < 4.78 is 37.9. The van der Waals surface area contributed by atoms with Gasteiger partial charge in [-0.2, -0.15) is 13.2 Å². The average Bonchev–Trinajstić information content (AvgIpc) is 2.39. The minimum atomic E-state index is -4.28. The highest BCUT2D eigenvalue weighted by atomic mass is 19.4. The van der Waals surface area contributed by atoms with Crippen molar-refractivity contribution in [3.63, 3.8) is 0 Å². The van der Waals surface area contributed by atoms with Crippen LogP contribution in [0.15, 0.2) is 52.7 Å². The summed E-state index contributed by atoms with van der Waals surface area (Å²) >= 11 is 0. The Morgan fingerprint density at radius 2 is 1.93 bits per heavy atom. The Kier molecular flexibility index (Phi) is 2.34. The Hall–Kier alpha value is -1.58. The molecule has 1 heterocycles. The lowest BCUT2D eigenvalue weighted by Gasteiger charge is -2.17. The Balaban J connectivity index is 2.54. The zero-order valence-electron chi connectivity index (χ0n) is 7.75. The van der Waals surface area contributed by atoms with Gasteiger partial charge in [0.05, 0.1) is 5.71 Å². The van der Waals surface area contributed by atoms with Crippen molar-refractivity contribution in [2.45, 2.75) is 12.6 Å². The largest absolute Gasteiger partial charge is 0.413 e. The van der Waals surface area contributed by atoms with E-state index < -0.39 is 11.7 Å². The van der Waals surface area contributed by atoms with Gasteiger partial charge in [-0.05, 0) is 18.6 Å². The highest BCUT2D eigenvalue weighted by Gasteiger charge is 2.36. The Morgan fingerprint density at radius 1 is 1.13 bits per heavy atom. The second-order valence-electron chi connectivity index (χ2n) is 3.21. The van der Waals surface area contributed by atoms with Crippen LogP contribution in [0.4, 0.5) is 13.2 Å². The van der Waals surface area contributed by atoms with Gasteiger partial charge in [0.1, 0.15) is 0 Å². The van der Waals surface area contributed by atoms with E-state index in [0.29, 0.717) is 5.71 Å². The van der Waals surface area contributed by atoms with Gasteiger partial charge in [-0.15, -0.1) is 0 Å². The third kappa shape index (κ3) is 1.93. The van der Waals surface area contributed by atoms with Crippen molar-refractivity contribution in [2.24, 2.45) is 4.99 Å². The van der Waals surface area contributed by atoms with Gasteiger partial charge in [0, 0.05) is 17.3 Å². The fraction of sp³-hybridized carbons (Fsp3) is 0.182. The zero-order valence-corrected chi connectivity index (χ0v) is 7.75. The third-order valence-corrected chi connectivity index (χ3v) is 2.21. The molecule has 0 aromatic rings. The SMILES string of the molecule is FC(F)(F)C1=C2C=CC=CN=C2C=CC1.